The maximum atomic E-state index is 12.4. The lowest BCUT2D eigenvalue weighted by molar-refractivity contribution is -0.138. The lowest BCUT2D eigenvalue weighted by atomic mass is 9.99. The summed E-state index contributed by atoms with van der Waals surface area (Å²) < 4.78 is 7.31. The van der Waals surface area contributed by atoms with Gasteiger partial charge >= 0.3 is 12.1 Å². The number of ether oxygens (including phenoxy) is 1. The Hall–Kier alpha value is -4.59. The number of para-hydroxylation sites is 1. The van der Waals surface area contributed by atoms with Crippen molar-refractivity contribution in [3.05, 3.63) is 102 Å². The van der Waals surface area contributed by atoms with Gasteiger partial charge in [-0.25, -0.2) is 9.78 Å². The van der Waals surface area contributed by atoms with Gasteiger partial charge in [-0.15, -0.1) is 0 Å². The summed E-state index contributed by atoms with van der Waals surface area (Å²) in [4.78, 5) is 28.3. The van der Waals surface area contributed by atoms with E-state index in [1.807, 2.05) is 97.4 Å². The molecule has 1 amide bonds. The Morgan fingerprint density at radius 1 is 0.973 bits per heavy atom. The Kier molecular flexibility index (Phi) is 7.88. The topological polar surface area (TPSA) is 105 Å². The monoisotopic (exact) mass is 498 g/mol. The van der Waals surface area contributed by atoms with Gasteiger partial charge in [-0.3, -0.25) is 10.1 Å². The molecule has 0 aliphatic carbocycles. The third kappa shape index (κ3) is 6.35. The van der Waals surface area contributed by atoms with Gasteiger partial charge in [-0.05, 0) is 36.6 Å². The number of carbonyl (C=O) groups excluding carboxylic acids is 1. The molecule has 0 radical (unpaired) electrons. The number of anilines is 2. The van der Waals surface area contributed by atoms with E-state index >= 15 is 0 Å². The van der Waals surface area contributed by atoms with Crippen LogP contribution < -0.4 is 10.6 Å². The van der Waals surface area contributed by atoms with Crippen molar-refractivity contribution in [1.29, 1.82) is 0 Å². The van der Waals surface area contributed by atoms with Crippen LogP contribution in [0.4, 0.5) is 16.3 Å². The first-order valence-corrected chi connectivity index (χ1v) is 12.0. The van der Waals surface area contributed by atoms with Gasteiger partial charge in [0.05, 0.1) is 5.92 Å². The molecular formula is C29H30N4O4. The van der Waals surface area contributed by atoms with Crippen LogP contribution >= 0.6 is 0 Å². The fourth-order valence-electron chi connectivity index (χ4n) is 4.02. The van der Waals surface area contributed by atoms with E-state index in [4.69, 9.17) is 4.74 Å². The number of rotatable bonds is 9. The summed E-state index contributed by atoms with van der Waals surface area (Å²) >= 11 is 0. The fraction of sp³-hybridized carbons (Fsp3) is 0.207. The second-order valence-electron chi connectivity index (χ2n) is 8.84. The third-order valence-corrected chi connectivity index (χ3v) is 6.15. The molecule has 1 heterocycles. The summed E-state index contributed by atoms with van der Waals surface area (Å²) in [5.41, 5.74) is 4.39. The minimum Gasteiger partial charge on any atom is -0.481 e. The number of imidazole rings is 1. The van der Waals surface area contributed by atoms with E-state index in [9.17, 15) is 14.7 Å². The summed E-state index contributed by atoms with van der Waals surface area (Å²) in [5, 5.41) is 15.4. The molecule has 0 saturated carbocycles. The van der Waals surface area contributed by atoms with Crippen LogP contribution in [-0.4, -0.2) is 26.7 Å². The molecule has 0 aliphatic rings. The fourth-order valence-corrected chi connectivity index (χ4v) is 4.02. The van der Waals surface area contributed by atoms with E-state index in [1.165, 1.54) is 0 Å². The zero-order valence-corrected chi connectivity index (χ0v) is 21.0. The molecule has 0 spiro atoms. The predicted octanol–water partition coefficient (Wildman–Crippen LogP) is 6.20. The van der Waals surface area contributed by atoms with Gasteiger partial charge in [0.1, 0.15) is 11.9 Å². The highest BCUT2D eigenvalue weighted by Crippen LogP contribution is 2.26. The van der Waals surface area contributed by atoms with Crippen LogP contribution in [0, 0.1) is 0 Å². The van der Waals surface area contributed by atoms with Crippen LogP contribution in [0.2, 0.25) is 0 Å². The SMILES string of the molecule is CC(OC(=O)Nc1cn(C)c(-c2ccc(CNc3ccccc3C(C)C(=O)O)cc2)n1)c1ccccc1. The second-order valence-corrected chi connectivity index (χ2v) is 8.84. The molecule has 190 valence electrons. The number of hydrogen-bond donors (Lipinski definition) is 3. The third-order valence-electron chi connectivity index (χ3n) is 6.15. The molecule has 37 heavy (non-hydrogen) atoms. The number of carbonyl (C=O) groups is 2. The van der Waals surface area contributed by atoms with Gasteiger partial charge in [0, 0.05) is 31.0 Å². The summed E-state index contributed by atoms with van der Waals surface area (Å²) in [7, 11) is 1.86. The highest BCUT2D eigenvalue weighted by atomic mass is 16.6. The van der Waals surface area contributed by atoms with Crippen LogP contribution in [0.1, 0.15) is 42.6 Å². The average Bonchev–Trinajstić information content (AvgIpc) is 3.27. The molecule has 0 saturated heterocycles. The Labute approximate surface area is 215 Å². The number of carboxylic acids is 1. The second kappa shape index (κ2) is 11.4. The molecule has 3 N–H and O–H groups in total. The molecule has 8 heteroatoms. The molecule has 0 bridgehead atoms. The predicted molar refractivity (Wildman–Crippen MR) is 143 cm³/mol. The number of aromatic nitrogens is 2. The van der Waals surface area contributed by atoms with Gasteiger partial charge in [-0.1, -0.05) is 72.8 Å². The minimum absolute atomic E-state index is 0.384. The molecule has 8 nitrogen and oxygen atoms in total. The van der Waals surface area contributed by atoms with Gasteiger partial charge in [0.2, 0.25) is 0 Å². The maximum absolute atomic E-state index is 12.4. The maximum Gasteiger partial charge on any atom is 0.413 e. The largest absolute Gasteiger partial charge is 0.481 e. The van der Waals surface area contributed by atoms with Gasteiger partial charge in [0.25, 0.3) is 0 Å². The quantitative estimate of drug-likeness (QED) is 0.254. The normalized spacial score (nSPS) is 12.4. The van der Waals surface area contributed by atoms with Crippen molar-refractivity contribution in [2.24, 2.45) is 7.05 Å². The first-order valence-electron chi connectivity index (χ1n) is 12.0. The van der Waals surface area contributed by atoms with Crippen LogP contribution in [0.5, 0.6) is 0 Å². The number of hydrogen-bond acceptors (Lipinski definition) is 5. The molecule has 2 unspecified atom stereocenters. The smallest absolute Gasteiger partial charge is 0.413 e. The first-order chi connectivity index (χ1) is 17.8. The first kappa shape index (κ1) is 25.5. The average molecular weight is 499 g/mol. The molecule has 4 rings (SSSR count). The number of nitrogens with zero attached hydrogens (tertiary/aromatic N) is 2. The van der Waals surface area contributed by atoms with Crippen molar-refractivity contribution in [1.82, 2.24) is 9.55 Å². The molecular weight excluding hydrogens is 468 g/mol. The molecule has 0 fully saturated rings. The Morgan fingerprint density at radius 2 is 1.65 bits per heavy atom. The van der Waals surface area contributed by atoms with Gasteiger partial charge in [-0.2, -0.15) is 0 Å². The number of amides is 1. The number of benzene rings is 3. The van der Waals surface area contributed by atoms with E-state index in [0.717, 1.165) is 27.9 Å². The van der Waals surface area contributed by atoms with E-state index in [2.05, 4.69) is 15.6 Å². The highest BCUT2D eigenvalue weighted by Gasteiger charge is 2.17. The van der Waals surface area contributed by atoms with Crippen LogP contribution in [0.3, 0.4) is 0 Å². The van der Waals surface area contributed by atoms with Crippen molar-refractivity contribution in [3.63, 3.8) is 0 Å². The Bertz CT molecular complexity index is 1370. The molecule has 3 aromatic carbocycles. The number of aliphatic carboxylic acids is 1. The Balaban J connectivity index is 1.38. The molecule has 1 aromatic heterocycles. The lowest BCUT2D eigenvalue weighted by Crippen LogP contribution is -2.16. The van der Waals surface area contributed by atoms with Gasteiger partial charge in [0.15, 0.2) is 5.82 Å². The zero-order chi connectivity index (χ0) is 26.4. The summed E-state index contributed by atoms with van der Waals surface area (Å²) in [5.74, 6) is -0.359. The molecule has 2 atom stereocenters. The highest BCUT2D eigenvalue weighted by molar-refractivity contribution is 5.84. The summed E-state index contributed by atoms with van der Waals surface area (Å²) in [6.07, 6.45) is 0.782. The van der Waals surface area contributed by atoms with E-state index in [-0.39, 0.29) is 6.10 Å². The van der Waals surface area contributed by atoms with Crippen molar-refractivity contribution in [2.45, 2.75) is 32.4 Å². The summed E-state index contributed by atoms with van der Waals surface area (Å²) in [6.45, 7) is 4.04. The molecule has 4 aromatic rings. The van der Waals surface area contributed by atoms with Crippen LogP contribution in [0.25, 0.3) is 11.4 Å². The van der Waals surface area contributed by atoms with E-state index in [1.54, 1.807) is 13.1 Å². The standard InChI is InChI=1S/C29H30N4O4/c1-19(28(34)35)24-11-7-8-12-25(24)30-17-21-13-15-23(16-14-21)27-31-26(18-33(27)3)32-29(36)37-20(2)22-9-5-4-6-10-22/h4-16,18-20,30H,17H2,1-3H3,(H,32,36)(H,34,35). The zero-order valence-electron chi connectivity index (χ0n) is 21.0. The van der Waals surface area contributed by atoms with Crippen LogP contribution in [-0.2, 0) is 23.1 Å². The minimum atomic E-state index is -0.860. The number of aryl methyl sites for hydroxylation is 1. The van der Waals surface area contributed by atoms with Gasteiger partial charge < -0.3 is 19.7 Å². The van der Waals surface area contributed by atoms with E-state index in [0.29, 0.717) is 18.2 Å². The Morgan fingerprint density at radius 3 is 2.35 bits per heavy atom. The van der Waals surface area contributed by atoms with Crippen molar-refractivity contribution in [3.8, 4) is 11.4 Å². The van der Waals surface area contributed by atoms with E-state index < -0.39 is 18.0 Å². The lowest BCUT2D eigenvalue weighted by Gasteiger charge is -2.15. The van der Waals surface area contributed by atoms with Crippen molar-refractivity contribution < 1.29 is 19.4 Å². The summed E-state index contributed by atoms with van der Waals surface area (Å²) in [6, 6.07) is 24.9. The molecule has 0 aliphatic heterocycles. The number of carboxylic acid groups (broad SMARTS) is 1. The van der Waals surface area contributed by atoms with Crippen LogP contribution in [0.15, 0.2) is 85.1 Å². The van der Waals surface area contributed by atoms with Crippen molar-refractivity contribution >= 4 is 23.6 Å². The van der Waals surface area contributed by atoms with Crippen molar-refractivity contribution in [2.75, 3.05) is 10.6 Å². The number of nitrogens with one attached hydrogen (secondary N) is 2.